The summed E-state index contributed by atoms with van der Waals surface area (Å²) in [5.41, 5.74) is 0.979. The SMILES string of the molecule is C=[C]c1cc(I)cc(C(=O)O)c1. The highest BCUT2D eigenvalue weighted by atomic mass is 127. The predicted molar refractivity (Wildman–Crippen MR) is 54.1 cm³/mol. The molecule has 0 saturated carbocycles. The Hall–Kier alpha value is -0.840. The smallest absolute Gasteiger partial charge is 0.335 e. The van der Waals surface area contributed by atoms with Crippen LogP contribution in [0.2, 0.25) is 0 Å². The highest BCUT2D eigenvalue weighted by molar-refractivity contribution is 14.1. The van der Waals surface area contributed by atoms with Crippen LogP contribution in [0.3, 0.4) is 0 Å². The Morgan fingerprint density at radius 1 is 1.50 bits per heavy atom. The molecule has 0 fully saturated rings. The molecule has 0 aliphatic rings. The molecule has 0 aliphatic heterocycles. The van der Waals surface area contributed by atoms with Gasteiger partial charge in [0.25, 0.3) is 0 Å². The first-order valence-electron chi connectivity index (χ1n) is 3.20. The summed E-state index contributed by atoms with van der Waals surface area (Å²) in [5, 5.41) is 8.68. The number of carbonyl (C=O) groups is 1. The summed E-state index contributed by atoms with van der Waals surface area (Å²) in [6.45, 7) is 3.45. The Balaban J connectivity index is 3.23. The van der Waals surface area contributed by atoms with E-state index in [-0.39, 0.29) is 5.56 Å². The largest absolute Gasteiger partial charge is 0.478 e. The Kier molecular flexibility index (Phi) is 2.86. The van der Waals surface area contributed by atoms with Crippen LogP contribution in [-0.4, -0.2) is 11.1 Å². The molecule has 1 N–H and O–H groups in total. The quantitative estimate of drug-likeness (QED) is 0.840. The zero-order valence-corrected chi connectivity index (χ0v) is 8.33. The fourth-order valence-corrected chi connectivity index (χ4v) is 1.49. The molecule has 1 rings (SSSR count). The second kappa shape index (κ2) is 3.71. The maximum atomic E-state index is 10.6. The third kappa shape index (κ3) is 2.07. The summed E-state index contributed by atoms with van der Waals surface area (Å²) in [6.07, 6.45) is 2.64. The minimum Gasteiger partial charge on any atom is -0.478 e. The van der Waals surface area contributed by atoms with Crippen molar-refractivity contribution in [3.63, 3.8) is 0 Å². The highest BCUT2D eigenvalue weighted by Gasteiger charge is 2.03. The second-order valence-corrected chi connectivity index (χ2v) is 3.46. The molecule has 0 spiro atoms. The number of hydrogen-bond acceptors (Lipinski definition) is 1. The van der Waals surface area contributed by atoms with Gasteiger partial charge in [-0.3, -0.25) is 0 Å². The Morgan fingerprint density at radius 3 is 2.67 bits per heavy atom. The lowest BCUT2D eigenvalue weighted by atomic mass is 10.1. The fourth-order valence-electron chi connectivity index (χ4n) is 0.815. The minimum atomic E-state index is -0.926. The molecule has 0 atom stereocenters. The fraction of sp³-hybridized carbons (Fsp3) is 0. The van der Waals surface area contributed by atoms with Crippen LogP contribution in [0.4, 0.5) is 0 Å². The van der Waals surface area contributed by atoms with Crippen molar-refractivity contribution in [3.05, 3.63) is 45.6 Å². The van der Waals surface area contributed by atoms with E-state index in [1.165, 1.54) is 6.07 Å². The predicted octanol–water partition coefficient (Wildman–Crippen LogP) is 2.33. The minimum absolute atomic E-state index is 0.271. The Morgan fingerprint density at radius 2 is 2.17 bits per heavy atom. The lowest BCUT2D eigenvalue weighted by molar-refractivity contribution is 0.0696. The average molecular weight is 273 g/mol. The van der Waals surface area contributed by atoms with E-state index >= 15 is 0 Å². The molecule has 1 radical (unpaired) electrons. The third-order valence-electron chi connectivity index (χ3n) is 1.35. The van der Waals surface area contributed by atoms with Crippen molar-refractivity contribution in [2.45, 2.75) is 0 Å². The summed E-state index contributed by atoms with van der Waals surface area (Å²) < 4.78 is 0.874. The molecule has 0 unspecified atom stereocenters. The van der Waals surface area contributed by atoms with E-state index in [9.17, 15) is 4.79 Å². The molecule has 1 aromatic carbocycles. The molecule has 0 bridgehead atoms. The van der Waals surface area contributed by atoms with E-state index in [2.05, 4.69) is 35.2 Å². The van der Waals surface area contributed by atoms with Crippen molar-refractivity contribution in [3.8, 4) is 0 Å². The molecule has 0 heterocycles. The lowest BCUT2D eigenvalue weighted by Crippen LogP contribution is -1.97. The number of hydrogen-bond donors (Lipinski definition) is 1. The van der Waals surface area contributed by atoms with Gasteiger partial charge < -0.3 is 5.11 Å². The summed E-state index contributed by atoms with van der Waals surface area (Å²) in [6, 6.07) is 4.96. The summed E-state index contributed by atoms with van der Waals surface area (Å²) in [4.78, 5) is 10.6. The van der Waals surface area contributed by atoms with Gasteiger partial charge in [0.15, 0.2) is 0 Å². The number of rotatable bonds is 2. The molecule has 61 valence electrons. The van der Waals surface area contributed by atoms with Crippen LogP contribution in [0.5, 0.6) is 0 Å². The molecule has 3 heteroatoms. The van der Waals surface area contributed by atoms with Crippen LogP contribution >= 0.6 is 22.6 Å². The van der Waals surface area contributed by atoms with Crippen LogP contribution in [-0.2, 0) is 0 Å². The topological polar surface area (TPSA) is 37.3 Å². The monoisotopic (exact) mass is 273 g/mol. The zero-order valence-electron chi connectivity index (χ0n) is 6.17. The van der Waals surface area contributed by atoms with Crippen molar-refractivity contribution in [2.75, 3.05) is 0 Å². The molecule has 0 aromatic heterocycles. The van der Waals surface area contributed by atoms with Gasteiger partial charge in [-0.1, -0.05) is 6.58 Å². The molecular weight excluding hydrogens is 267 g/mol. The zero-order chi connectivity index (χ0) is 9.14. The first-order valence-corrected chi connectivity index (χ1v) is 4.28. The van der Waals surface area contributed by atoms with Crippen molar-refractivity contribution in [2.24, 2.45) is 0 Å². The van der Waals surface area contributed by atoms with E-state index in [4.69, 9.17) is 5.11 Å². The number of halogens is 1. The summed E-state index contributed by atoms with van der Waals surface area (Å²) in [5.74, 6) is -0.926. The van der Waals surface area contributed by atoms with Gasteiger partial charge in [0.2, 0.25) is 0 Å². The molecule has 12 heavy (non-hydrogen) atoms. The second-order valence-electron chi connectivity index (χ2n) is 2.21. The number of carboxylic acid groups (broad SMARTS) is 1. The number of carboxylic acids is 1. The standard InChI is InChI=1S/C9H6IO2/c1-2-6-3-7(9(11)12)5-8(10)4-6/h3-5H,1H2,(H,11,12). The van der Waals surface area contributed by atoms with E-state index in [0.29, 0.717) is 5.56 Å². The van der Waals surface area contributed by atoms with Crippen molar-refractivity contribution in [1.29, 1.82) is 0 Å². The van der Waals surface area contributed by atoms with Crippen LogP contribution < -0.4 is 0 Å². The highest BCUT2D eigenvalue weighted by Crippen LogP contribution is 2.12. The van der Waals surface area contributed by atoms with E-state index in [1.54, 1.807) is 6.07 Å². The van der Waals surface area contributed by atoms with Gasteiger partial charge >= 0.3 is 5.97 Å². The van der Waals surface area contributed by atoms with Gasteiger partial charge in [0.1, 0.15) is 0 Å². The van der Waals surface area contributed by atoms with Gasteiger partial charge in [-0.05, 0) is 52.4 Å². The molecular formula is C9H6IO2. The van der Waals surface area contributed by atoms with Gasteiger partial charge in [-0.15, -0.1) is 0 Å². The molecule has 0 aliphatic carbocycles. The van der Waals surface area contributed by atoms with Crippen molar-refractivity contribution in [1.82, 2.24) is 0 Å². The molecule has 0 saturated heterocycles. The molecule has 2 nitrogen and oxygen atoms in total. The Bertz CT molecular complexity index is 331. The Labute approximate surface area is 84.1 Å². The van der Waals surface area contributed by atoms with Gasteiger partial charge in [-0.2, -0.15) is 0 Å². The van der Waals surface area contributed by atoms with Gasteiger partial charge in [0.05, 0.1) is 5.56 Å². The summed E-state index contributed by atoms with van der Waals surface area (Å²) in [7, 11) is 0. The van der Waals surface area contributed by atoms with E-state index in [0.717, 1.165) is 3.57 Å². The molecule has 0 amide bonds. The normalized spacial score (nSPS) is 9.42. The summed E-state index contributed by atoms with van der Waals surface area (Å²) >= 11 is 2.06. The number of benzene rings is 1. The lowest BCUT2D eigenvalue weighted by Gasteiger charge is -1.98. The van der Waals surface area contributed by atoms with Crippen LogP contribution in [0.25, 0.3) is 0 Å². The van der Waals surface area contributed by atoms with Crippen LogP contribution in [0.15, 0.2) is 24.8 Å². The van der Waals surface area contributed by atoms with E-state index < -0.39 is 5.97 Å². The van der Waals surface area contributed by atoms with Crippen molar-refractivity contribution >= 4 is 28.6 Å². The van der Waals surface area contributed by atoms with Gasteiger partial charge in [0, 0.05) is 3.57 Å². The first-order chi connectivity index (χ1) is 5.63. The van der Waals surface area contributed by atoms with Gasteiger partial charge in [-0.25, -0.2) is 4.79 Å². The van der Waals surface area contributed by atoms with E-state index in [1.807, 2.05) is 6.07 Å². The first kappa shape index (κ1) is 9.25. The van der Waals surface area contributed by atoms with Crippen LogP contribution in [0, 0.1) is 9.65 Å². The maximum absolute atomic E-state index is 10.6. The third-order valence-corrected chi connectivity index (χ3v) is 1.97. The number of aromatic carboxylic acids is 1. The molecule has 1 aromatic rings. The maximum Gasteiger partial charge on any atom is 0.335 e. The average Bonchev–Trinajstić information content (AvgIpc) is 2.03. The van der Waals surface area contributed by atoms with Crippen LogP contribution in [0.1, 0.15) is 15.9 Å². The van der Waals surface area contributed by atoms with Crippen molar-refractivity contribution < 1.29 is 9.90 Å².